The molecule has 0 spiro atoms. The number of pyridine rings is 1. The number of carbonyl (C=O) groups excluding carboxylic acids is 1. The molecule has 2 aromatic heterocycles. The topological polar surface area (TPSA) is 81.9 Å². The van der Waals surface area contributed by atoms with E-state index in [2.05, 4.69) is 20.4 Å². The second-order valence-electron chi connectivity index (χ2n) is 5.10. The van der Waals surface area contributed by atoms with Crippen molar-refractivity contribution in [3.05, 3.63) is 66.6 Å². The van der Waals surface area contributed by atoms with Gasteiger partial charge in [-0.05, 0) is 30.7 Å². The third-order valence-electron chi connectivity index (χ3n) is 3.37. The van der Waals surface area contributed by atoms with Crippen molar-refractivity contribution in [1.29, 1.82) is 0 Å². The minimum absolute atomic E-state index is 0.203. The minimum Gasteiger partial charge on any atom is -0.490 e. The predicted octanol–water partition coefficient (Wildman–Crippen LogP) is 2.00. The first-order chi connectivity index (χ1) is 12.3. The van der Waals surface area contributed by atoms with Crippen LogP contribution in [0.5, 0.6) is 5.75 Å². The molecule has 128 valence electrons. The number of rotatable bonds is 7. The highest BCUT2D eigenvalue weighted by Gasteiger charge is 2.13. The molecule has 0 aliphatic rings. The lowest BCUT2D eigenvalue weighted by Crippen LogP contribution is -2.27. The number of nitrogens with one attached hydrogen (secondary N) is 1. The highest BCUT2D eigenvalue weighted by atomic mass is 19.1. The normalized spacial score (nSPS) is 10.4. The van der Waals surface area contributed by atoms with Gasteiger partial charge in [0.15, 0.2) is 17.4 Å². The molecule has 3 rings (SSSR count). The molecular formula is C17H16FN5O2. The van der Waals surface area contributed by atoms with E-state index in [0.717, 1.165) is 0 Å². The Balaban J connectivity index is 1.51. The standard InChI is InChI=1S/C17H16FN5O2/c18-14-6-1-2-7-15(14)25-10-4-9-21-17(24)13-5-3-8-20-16(13)23-12-19-11-22-23/h1-3,5-8,11-12H,4,9-10H2,(H,21,24). The van der Waals surface area contributed by atoms with E-state index in [1.54, 1.807) is 36.5 Å². The second kappa shape index (κ2) is 8.00. The zero-order valence-corrected chi connectivity index (χ0v) is 13.3. The predicted molar refractivity (Wildman–Crippen MR) is 88.0 cm³/mol. The van der Waals surface area contributed by atoms with E-state index >= 15 is 0 Å². The summed E-state index contributed by atoms with van der Waals surface area (Å²) < 4.78 is 20.2. The fraction of sp³-hybridized carbons (Fsp3) is 0.176. The number of hydrogen-bond acceptors (Lipinski definition) is 5. The molecule has 0 unspecified atom stereocenters. The summed E-state index contributed by atoms with van der Waals surface area (Å²) in [5.74, 6) is -0.0708. The molecule has 3 aromatic rings. The summed E-state index contributed by atoms with van der Waals surface area (Å²) in [7, 11) is 0. The van der Waals surface area contributed by atoms with Crippen LogP contribution in [0, 0.1) is 5.82 Å². The molecule has 0 aliphatic carbocycles. The lowest BCUT2D eigenvalue weighted by molar-refractivity contribution is 0.0951. The van der Waals surface area contributed by atoms with E-state index in [0.29, 0.717) is 31.0 Å². The molecule has 1 N–H and O–H groups in total. The van der Waals surface area contributed by atoms with Gasteiger partial charge in [0.25, 0.3) is 5.91 Å². The average molecular weight is 341 g/mol. The van der Waals surface area contributed by atoms with Gasteiger partial charge in [-0.1, -0.05) is 12.1 Å². The van der Waals surface area contributed by atoms with Crippen LogP contribution in [0.2, 0.25) is 0 Å². The van der Waals surface area contributed by atoms with Crippen molar-refractivity contribution in [2.24, 2.45) is 0 Å². The molecule has 1 aromatic carbocycles. The molecule has 0 fully saturated rings. The molecule has 2 heterocycles. The number of carbonyl (C=O) groups is 1. The van der Waals surface area contributed by atoms with Crippen LogP contribution < -0.4 is 10.1 Å². The number of benzene rings is 1. The Morgan fingerprint density at radius 2 is 2.12 bits per heavy atom. The van der Waals surface area contributed by atoms with Gasteiger partial charge in [-0.25, -0.2) is 19.0 Å². The van der Waals surface area contributed by atoms with Crippen molar-refractivity contribution >= 4 is 5.91 Å². The Kier molecular flexibility index (Phi) is 5.30. The van der Waals surface area contributed by atoms with Gasteiger partial charge in [0, 0.05) is 12.7 Å². The molecule has 0 bridgehead atoms. The number of hydrogen-bond donors (Lipinski definition) is 1. The van der Waals surface area contributed by atoms with Gasteiger partial charge in [-0.3, -0.25) is 4.79 Å². The lowest BCUT2D eigenvalue weighted by Gasteiger charge is -2.10. The van der Waals surface area contributed by atoms with Crippen LogP contribution >= 0.6 is 0 Å². The van der Waals surface area contributed by atoms with Crippen LogP contribution in [-0.4, -0.2) is 38.8 Å². The minimum atomic E-state index is -0.403. The number of nitrogens with zero attached hydrogens (tertiary/aromatic N) is 4. The summed E-state index contributed by atoms with van der Waals surface area (Å²) in [6.45, 7) is 0.684. The van der Waals surface area contributed by atoms with Crippen molar-refractivity contribution in [3.63, 3.8) is 0 Å². The lowest BCUT2D eigenvalue weighted by atomic mass is 10.2. The first-order valence-corrected chi connectivity index (χ1v) is 7.71. The monoisotopic (exact) mass is 341 g/mol. The van der Waals surface area contributed by atoms with Crippen LogP contribution in [0.4, 0.5) is 4.39 Å². The summed E-state index contributed by atoms with van der Waals surface area (Å²) in [4.78, 5) is 20.4. The quantitative estimate of drug-likeness (QED) is 0.665. The number of para-hydroxylation sites is 1. The first kappa shape index (κ1) is 16.6. The van der Waals surface area contributed by atoms with Crippen LogP contribution in [0.3, 0.4) is 0 Å². The maximum absolute atomic E-state index is 13.4. The van der Waals surface area contributed by atoms with Gasteiger partial charge in [0.2, 0.25) is 0 Å². The number of halogens is 1. The van der Waals surface area contributed by atoms with Crippen LogP contribution in [0.25, 0.3) is 5.82 Å². The molecule has 25 heavy (non-hydrogen) atoms. The zero-order valence-electron chi connectivity index (χ0n) is 13.3. The van der Waals surface area contributed by atoms with Crippen molar-refractivity contribution in [2.75, 3.05) is 13.2 Å². The largest absolute Gasteiger partial charge is 0.490 e. The first-order valence-electron chi connectivity index (χ1n) is 7.71. The average Bonchev–Trinajstić information content (AvgIpc) is 3.17. The van der Waals surface area contributed by atoms with E-state index in [4.69, 9.17) is 4.74 Å². The van der Waals surface area contributed by atoms with Gasteiger partial charge >= 0.3 is 0 Å². The summed E-state index contributed by atoms with van der Waals surface area (Å²) >= 11 is 0. The third kappa shape index (κ3) is 4.17. The highest BCUT2D eigenvalue weighted by molar-refractivity contribution is 5.97. The molecule has 0 saturated carbocycles. The summed E-state index contributed by atoms with van der Waals surface area (Å²) in [5.41, 5.74) is 0.392. The Morgan fingerprint density at radius 1 is 1.24 bits per heavy atom. The fourth-order valence-electron chi connectivity index (χ4n) is 2.19. The Bertz CT molecular complexity index is 839. The van der Waals surface area contributed by atoms with E-state index < -0.39 is 5.82 Å². The maximum atomic E-state index is 13.4. The van der Waals surface area contributed by atoms with Gasteiger partial charge in [-0.15, -0.1) is 0 Å². The van der Waals surface area contributed by atoms with Crippen LogP contribution in [0.1, 0.15) is 16.8 Å². The molecule has 1 amide bonds. The zero-order chi connectivity index (χ0) is 17.5. The molecule has 0 radical (unpaired) electrons. The smallest absolute Gasteiger partial charge is 0.255 e. The van der Waals surface area contributed by atoms with Crippen LogP contribution in [0.15, 0.2) is 55.2 Å². The summed E-state index contributed by atoms with van der Waals surface area (Å²) in [6.07, 6.45) is 4.97. The van der Waals surface area contributed by atoms with Crippen molar-refractivity contribution in [3.8, 4) is 11.6 Å². The Hall–Kier alpha value is -3.29. The van der Waals surface area contributed by atoms with Crippen LogP contribution in [-0.2, 0) is 0 Å². The van der Waals surface area contributed by atoms with E-state index in [1.807, 2.05) is 0 Å². The van der Waals surface area contributed by atoms with Crippen molar-refractivity contribution in [2.45, 2.75) is 6.42 Å². The summed E-state index contributed by atoms with van der Waals surface area (Å²) in [5, 5.41) is 6.78. The van der Waals surface area contributed by atoms with Crippen molar-refractivity contribution in [1.82, 2.24) is 25.1 Å². The Labute approximate surface area is 143 Å². The molecule has 0 saturated heterocycles. The molecule has 8 heteroatoms. The molecule has 7 nitrogen and oxygen atoms in total. The van der Waals surface area contributed by atoms with Gasteiger partial charge in [0.1, 0.15) is 12.7 Å². The fourth-order valence-corrected chi connectivity index (χ4v) is 2.19. The van der Waals surface area contributed by atoms with E-state index in [9.17, 15) is 9.18 Å². The van der Waals surface area contributed by atoms with Gasteiger partial charge in [0.05, 0.1) is 12.2 Å². The molecule has 0 aliphatic heterocycles. The van der Waals surface area contributed by atoms with E-state index in [-0.39, 0.29) is 11.7 Å². The van der Waals surface area contributed by atoms with E-state index in [1.165, 1.54) is 23.4 Å². The summed E-state index contributed by atoms with van der Waals surface area (Å²) in [6, 6.07) is 9.54. The Morgan fingerprint density at radius 3 is 2.92 bits per heavy atom. The highest BCUT2D eigenvalue weighted by Crippen LogP contribution is 2.15. The van der Waals surface area contributed by atoms with Gasteiger partial charge < -0.3 is 10.1 Å². The molecular weight excluding hydrogens is 325 g/mol. The SMILES string of the molecule is O=C(NCCCOc1ccccc1F)c1cccnc1-n1cncn1. The molecule has 0 atom stereocenters. The number of amides is 1. The van der Waals surface area contributed by atoms with Crippen molar-refractivity contribution < 1.29 is 13.9 Å². The maximum Gasteiger partial charge on any atom is 0.255 e. The number of aromatic nitrogens is 4. The second-order valence-corrected chi connectivity index (χ2v) is 5.10. The number of ether oxygens (including phenoxy) is 1. The van der Waals surface area contributed by atoms with Gasteiger partial charge in [-0.2, -0.15) is 5.10 Å². The third-order valence-corrected chi connectivity index (χ3v) is 3.37.